The topological polar surface area (TPSA) is 34.1 Å². The summed E-state index contributed by atoms with van der Waals surface area (Å²) in [6.45, 7) is 0. The number of methoxy groups -OCH3 is 1. The lowest BCUT2D eigenvalue weighted by atomic mass is 10.00. The van der Waals surface area contributed by atoms with E-state index >= 15 is 0 Å². The predicted molar refractivity (Wildman–Crippen MR) is 72.7 cm³/mol. The van der Waals surface area contributed by atoms with E-state index in [9.17, 15) is 0 Å². The Morgan fingerprint density at radius 3 is 2.33 bits per heavy atom. The molecule has 0 saturated carbocycles. The van der Waals surface area contributed by atoms with Crippen LogP contribution in [0, 0.1) is 0 Å². The van der Waals surface area contributed by atoms with Gasteiger partial charge < -0.3 is 10.1 Å². The minimum Gasteiger partial charge on any atom is -0.497 e. The van der Waals surface area contributed by atoms with E-state index in [1.54, 1.807) is 7.11 Å². The standard InChI is InChI=1S/C15H18N2O/c1-16-15(13-7-9-17-10-8-13)11-12-3-5-14(18-2)6-4-12/h3-10,15-16H,11H2,1-2H3. The molecule has 1 unspecified atom stereocenters. The lowest BCUT2D eigenvalue weighted by Crippen LogP contribution is -2.18. The zero-order valence-corrected chi connectivity index (χ0v) is 10.8. The summed E-state index contributed by atoms with van der Waals surface area (Å²) in [5, 5.41) is 3.34. The number of nitrogens with one attached hydrogen (secondary N) is 1. The zero-order valence-electron chi connectivity index (χ0n) is 10.8. The molecule has 0 aliphatic heterocycles. The lowest BCUT2D eigenvalue weighted by Gasteiger charge is -2.16. The highest BCUT2D eigenvalue weighted by atomic mass is 16.5. The molecular formula is C15H18N2O. The Morgan fingerprint density at radius 1 is 1.11 bits per heavy atom. The van der Waals surface area contributed by atoms with E-state index in [1.165, 1.54) is 11.1 Å². The number of nitrogens with zero attached hydrogens (tertiary/aromatic N) is 1. The number of aromatic nitrogens is 1. The second-order valence-electron chi connectivity index (χ2n) is 4.17. The first-order chi connectivity index (χ1) is 8.83. The molecule has 1 N–H and O–H groups in total. The first-order valence-corrected chi connectivity index (χ1v) is 6.03. The first-order valence-electron chi connectivity index (χ1n) is 6.03. The SMILES string of the molecule is CNC(Cc1ccc(OC)cc1)c1ccncc1. The fourth-order valence-corrected chi connectivity index (χ4v) is 1.98. The summed E-state index contributed by atoms with van der Waals surface area (Å²) >= 11 is 0. The van der Waals surface area contributed by atoms with Crippen LogP contribution in [0.15, 0.2) is 48.8 Å². The Hall–Kier alpha value is -1.87. The summed E-state index contributed by atoms with van der Waals surface area (Å²) < 4.78 is 5.16. The van der Waals surface area contributed by atoms with Gasteiger partial charge in [0, 0.05) is 18.4 Å². The average Bonchev–Trinajstić information content (AvgIpc) is 2.46. The van der Waals surface area contributed by atoms with Gasteiger partial charge in [0.05, 0.1) is 7.11 Å². The second-order valence-corrected chi connectivity index (χ2v) is 4.17. The van der Waals surface area contributed by atoms with Crippen LogP contribution in [-0.2, 0) is 6.42 Å². The van der Waals surface area contributed by atoms with Crippen molar-refractivity contribution in [2.45, 2.75) is 12.5 Å². The summed E-state index contributed by atoms with van der Waals surface area (Å²) in [5.41, 5.74) is 2.54. The third-order valence-electron chi connectivity index (χ3n) is 3.06. The summed E-state index contributed by atoms with van der Waals surface area (Å²) in [6, 6.07) is 12.6. The zero-order chi connectivity index (χ0) is 12.8. The predicted octanol–water partition coefficient (Wildman–Crippen LogP) is 2.59. The maximum absolute atomic E-state index is 5.16. The van der Waals surface area contributed by atoms with Gasteiger partial charge in [-0.3, -0.25) is 4.98 Å². The van der Waals surface area contributed by atoms with E-state index in [4.69, 9.17) is 4.74 Å². The van der Waals surface area contributed by atoms with Gasteiger partial charge in [-0.2, -0.15) is 0 Å². The first kappa shape index (κ1) is 12.6. The maximum atomic E-state index is 5.16. The maximum Gasteiger partial charge on any atom is 0.118 e. The molecule has 3 nitrogen and oxygen atoms in total. The molecule has 1 aromatic heterocycles. The smallest absolute Gasteiger partial charge is 0.118 e. The fourth-order valence-electron chi connectivity index (χ4n) is 1.98. The summed E-state index contributed by atoms with van der Waals surface area (Å²) in [7, 11) is 3.66. The largest absolute Gasteiger partial charge is 0.497 e. The molecule has 1 aromatic carbocycles. The summed E-state index contributed by atoms with van der Waals surface area (Å²) in [6.07, 6.45) is 4.60. The van der Waals surface area contributed by atoms with Gasteiger partial charge >= 0.3 is 0 Å². The average molecular weight is 242 g/mol. The number of rotatable bonds is 5. The molecule has 0 spiro atoms. The van der Waals surface area contributed by atoms with Gasteiger partial charge in [-0.25, -0.2) is 0 Å². The number of pyridine rings is 1. The van der Waals surface area contributed by atoms with Crippen molar-refractivity contribution in [2.24, 2.45) is 0 Å². The van der Waals surface area contributed by atoms with Crippen molar-refractivity contribution < 1.29 is 4.74 Å². The van der Waals surface area contributed by atoms with Gasteiger partial charge in [-0.15, -0.1) is 0 Å². The van der Waals surface area contributed by atoms with Gasteiger partial charge in [0.2, 0.25) is 0 Å². The Kier molecular flexibility index (Phi) is 4.31. The number of ether oxygens (including phenoxy) is 1. The normalized spacial score (nSPS) is 12.1. The van der Waals surface area contributed by atoms with Gasteiger partial charge in [-0.05, 0) is 48.9 Å². The molecule has 0 aliphatic carbocycles. The van der Waals surface area contributed by atoms with Crippen LogP contribution in [-0.4, -0.2) is 19.1 Å². The molecule has 0 radical (unpaired) electrons. The molecule has 2 aromatic rings. The van der Waals surface area contributed by atoms with E-state index in [-0.39, 0.29) is 0 Å². The monoisotopic (exact) mass is 242 g/mol. The van der Waals surface area contributed by atoms with Crippen molar-refractivity contribution >= 4 is 0 Å². The third kappa shape index (κ3) is 3.08. The number of likely N-dealkylation sites (N-methyl/N-ethyl adjacent to an activating group) is 1. The lowest BCUT2D eigenvalue weighted by molar-refractivity contribution is 0.414. The van der Waals surface area contributed by atoms with Gasteiger partial charge in [-0.1, -0.05) is 12.1 Å². The number of hydrogen-bond donors (Lipinski definition) is 1. The Labute approximate surface area is 108 Å². The summed E-state index contributed by atoms with van der Waals surface area (Å²) in [4.78, 5) is 4.05. The Morgan fingerprint density at radius 2 is 1.78 bits per heavy atom. The van der Waals surface area contributed by atoms with Crippen molar-refractivity contribution in [3.63, 3.8) is 0 Å². The van der Waals surface area contributed by atoms with E-state index in [1.807, 2.05) is 43.7 Å². The molecule has 1 atom stereocenters. The molecule has 0 fully saturated rings. The van der Waals surface area contributed by atoms with Crippen LogP contribution >= 0.6 is 0 Å². The summed E-state index contributed by atoms with van der Waals surface area (Å²) in [5.74, 6) is 0.892. The van der Waals surface area contributed by atoms with Crippen molar-refractivity contribution in [2.75, 3.05) is 14.2 Å². The van der Waals surface area contributed by atoms with Crippen LogP contribution in [0.5, 0.6) is 5.75 Å². The highest BCUT2D eigenvalue weighted by Gasteiger charge is 2.09. The molecule has 0 saturated heterocycles. The molecule has 2 rings (SSSR count). The van der Waals surface area contributed by atoms with Gasteiger partial charge in [0.25, 0.3) is 0 Å². The third-order valence-corrected chi connectivity index (χ3v) is 3.06. The molecule has 18 heavy (non-hydrogen) atoms. The fraction of sp³-hybridized carbons (Fsp3) is 0.267. The number of hydrogen-bond acceptors (Lipinski definition) is 3. The van der Waals surface area contributed by atoms with E-state index < -0.39 is 0 Å². The Balaban J connectivity index is 2.10. The van der Waals surface area contributed by atoms with Crippen LogP contribution in [0.1, 0.15) is 17.2 Å². The highest BCUT2D eigenvalue weighted by Crippen LogP contribution is 2.19. The molecule has 0 aliphatic rings. The van der Waals surface area contributed by atoms with Gasteiger partial charge in [0.1, 0.15) is 5.75 Å². The van der Waals surface area contributed by atoms with Crippen molar-refractivity contribution in [1.29, 1.82) is 0 Å². The van der Waals surface area contributed by atoms with Crippen LogP contribution < -0.4 is 10.1 Å². The highest BCUT2D eigenvalue weighted by molar-refractivity contribution is 5.29. The number of benzene rings is 1. The Bertz CT molecular complexity index is 468. The minimum atomic E-state index is 0.307. The van der Waals surface area contributed by atoms with Crippen molar-refractivity contribution in [3.8, 4) is 5.75 Å². The molecular weight excluding hydrogens is 224 g/mol. The molecule has 3 heteroatoms. The van der Waals surface area contributed by atoms with E-state index in [0.29, 0.717) is 6.04 Å². The molecule has 0 bridgehead atoms. The van der Waals surface area contributed by atoms with Crippen LogP contribution in [0.25, 0.3) is 0 Å². The van der Waals surface area contributed by atoms with Crippen molar-refractivity contribution in [1.82, 2.24) is 10.3 Å². The van der Waals surface area contributed by atoms with E-state index in [2.05, 4.69) is 22.4 Å². The van der Waals surface area contributed by atoms with Crippen LogP contribution in [0.3, 0.4) is 0 Å². The van der Waals surface area contributed by atoms with Crippen LogP contribution in [0.4, 0.5) is 0 Å². The second kappa shape index (κ2) is 6.17. The van der Waals surface area contributed by atoms with Gasteiger partial charge in [0.15, 0.2) is 0 Å². The molecule has 94 valence electrons. The molecule has 1 heterocycles. The quantitative estimate of drug-likeness (QED) is 0.875. The molecule has 0 amide bonds. The van der Waals surface area contributed by atoms with Crippen LogP contribution in [0.2, 0.25) is 0 Å². The van der Waals surface area contributed by atoms with E-state index in [0.717, 1.165) is 12.2 Å². The minimum absolute atomic E-state index is 0.307. The van der Waals surface area contributed by atoms with Crippen molar-refractivity contribution in [3.05, 3.63) is 59.9 Å².